The van der Waals surface area contributed by atoms with Crippen LogP contribution in [-0.4, -0.2) is 30.7 Å². The molecular formula is C19H22N2O5S. The van der Waals surface area contributed by atoms with E-state index in [-0.39, 0.29) is 16.3 Å². The Bertz CT molecular complexity index is 933. The van der Waals surface area contributed by atoms with Crippen molar-refractivity contribution < 1.29 is 18.1 Å². The molecule has 1 saturated heterocycles. The molecule has 8 heteroatoms. The van der Waals surface area contributed by atoms with Crippen LogP contribution in [0.15, 0.2) is 47.4 Å². The molecule has 0 amide bonds. The number of nitrogens with zero attached hydrogens (tertiary/aromatic N) is 2. The Balaban J connectivity index is 1.91. The monoisotopic (exact) mass is 390 g/mol. The summed E-state index contributed by atoms with van der Waals surface area (Å²) < 4.78 is 32.3. The molecule has 0 unspecified atom stereocenters. The second kappa shape index (κ2) is 7.66. The Morgan fingerprint density at radius 1 is 1.07 bits per heavy atom. The molecule has 1 fully saturated rings. The molecule has 2 aromatic rings. The fraction of sp³-hybridized carbons (Fsp3) is 0.368. The van der Waals surface area contributed by atoms with Crippen molar-refractivity contribution in [3.8, 4) is 11.5 Å². The first-order valence-electron chi connectivity index (χ1n) is 8.85. The van der Waals surface area contributed by atoms with Gasteiger partial charge in [-0.1, -0.05) is 26.0 Å². The largest absolute Gasteiger partial charge is 0.450 e. The third kappa shape index (κ3) is 4.12. The van der Waals surface area contributed by atoms with Crippen LogP contribution in [0.5, 0.6) is 11.5 Å². The van der Waals surface area contributed by atoms with E-state index in [0.717, 1.165) is 24.5 Å². The molecule has 0 N–H and O–H groups in total. The highest BCUT2D eigenvalue weighted by Crippen LogP contribution is 2.35. The summed E-state index contributed by atoms with van der Waals surface area (Å²) >= 11 is 0. The summed E-state index contributed by atoms with van der Waals surface area (Å²) in [7, 11) is -3.73. The minimum absolute atomic E-state index is 0.0117. The van der Waals surface area contributed by atoms with E-state index in [1.54, 1.807) is 12.1 Å². The molecule has 1 heterocycles. The number of sulfonamides is 1. The zero-order valence-corrected chi connectivity index (χ0v) is 16.1. The fourth-order valence-electron chi connectivity index (χ4n) is 3.01. The number of rotatable bonds is 6. The first-order valence-corrected chi connectivity index (χ1v) is 10.3. The topological polar surface area (TPSA) is 89.8 Å². The zero-order valence-electron chi connectivity index (χ0n) is 15.3. The van der Waals surface area contributed by atoms with Gasteiger partial charge in [0.1, 0.15) is 5.75 Å². The third-order valence-electron chi connectivity index (χ3n) is 4.60. The quantitative estimate of drug-likeness (QED) is 0.542. The van der Waals surface area contributed by atoms with Gasteiger partial charge < -0.3 is 4.74 Å². The van der Waals surface area contributed by atoms with Gasteiger partial charge in [0.05, 0.1) is 9.82 Å². The maximum Gasteiger partial charge on any atom is 0.312 e. The van der Waals surface area contributed by atoms with Gasteiger partial charge in [0.2, 0.25) is 15.8 Å². The van der Waals surface area contributed by atoms with Crippen molar-refractivity contribution in [2.24, 2.45) is 0 Å². The average Bonchev–Trinajstić information content (AvgIpc) is 3.17. The molecule has 0 bridgehead atoms. The van der Waals surface area contributed by atoms with E-state index in [2.05, 4.69) is 13.8 Å². The molecule has 1 aliphatic heterocycles. The van der Waals surface area contributed by atoms with E-state index < -0.39 is 14.9 Å². The molecule has 7 nitrogen and oxygen atoms in total. The van der Waals surface area contributed by atoms with Crippen LogP contribution in [0.2, 0.25) is 0 Å². The van der Waals surface area contributed by atoms with Gasteiger partial charge in [-0.25, -0.2) is 8.42 Å². The highest BCUT2D eigenvalue weighted by atomic mass is 32.2. The Morgan fingerprint density at radius 3 is 2.26 bits per heavy atom. The Morgan fingerprint density at radius 2 is 1.70 bits per heavy atom. The number of ether oxygens (including phenoxy) is 1. The number of hydrogen-bond acceptors (Lipinski definition) is 5. The van der Waals surface area contributed by atoms with Crippen molar-refractivity contribution in [3.63, 3.8) is 0 Å². The minimum Gasteiger partial charge on any atom is -0.450 e. The smallest absolute Gasteiger partial charge is 0.312 e. The van der Waals surface area contributed by atoms with Gasteiger partial charge in [-0.15, -0.1) is 0 Å². The molecule has 0 aromatic heterocycles. The molecule has 144 valence electrons. The van der Waals surface area contributed by atoms with Gasteiger partial charge in [-0.05, 0) is 48.6 Å². The molecule has 27 heavy (non-hydrogen) atoms. The molecule has 2 aromatic carbocycles. The van der Waals surface area contributed by atoms with Crippen LogP contribution in [0.4, 0.5) is 5.69 Å². The zero-order chi connectivity index (χ0) is 19.6. The summed E-state index contributed by atoms with van der Waals surface area (Å²) in [5.74, 6) is 0.832. The lowest BCUT2D eigenvalue weighted by atomic mass is 10.0. The van der Waals surface area contributed by atoms with Crippen LogP contribution >= 0.6 is 0 Å². The minimum atomic E-state index is -3.73. The second-order valence-corrected chi connectivity index (χ2v) is 8.76. The summed E-state index contributed by atoms with van der Waals surface area (Å²) in [6.07, 6.45) is 1.60. The van der Waals surface area contributed by atoms with Crippen molar-refractivity contribution in [1.82, 2.24) is 4.31 Å². The molecule has 0 saturated carbocycles. The van der Waals surface area contributed by atoms with E-state index in [4.69, 9.17) is 4.74 Å². The van der Waals surface area contributed by atoms with E-state index in [9.17, 15) is 18.5 Å². The molecule has 0 radical (unpaired) electrons. The van der Waals surface area contributed by atoms with Gasteiger partial charge in [0, 0.05) is 19.2 Å². The summed E-state index contributed by atoms with van der Waals surface area (Å²) in [6.45, 7) is 5.02. The summed E-state index contributed by atoms with van der Waals surface area (Å²) in [5, 5.41) is 11.5. The molecule has 0 aliphatic carbocycles. The summed E-state index contributed by atoms with van der Waals surface area (Å²) in [4.78, 5) is 10.8. The van der Waals surface area contributed by atoms with Gasteiger partial charge >= 0.3 is 5.69 Å². The number of benzene rings is 2. The third-order valence-corrected chi connectivity index (χ3v) is 6.50. The Kier molecular flexibility index (Phi) is 5.48. The number of nitro groups is 1. The standard InChI is InChI=1S/C19H22N2O5S/c1-14(2)15-5-7-16(8-6-15)26-19-10-9-17(13-18(19)21(22)23)27(24,25)20-11-3-4-12-20/h5-10,13-14H,3-4,11-12H2,1-2H3. The molecular weight excluding hydrogens is 368 g/mol. The molecule has 0 atom stereocenters. The average molecular weight is 390 g/mol. The lowest BCUT2D eigenvalue weighted by Crippen LogP contribution is -2.27. The Labute approximate surface area is 158 Å². The van der Waals surface area contributed by atoms with E-state index in [1.807, 2.05) is 12.1 Å². The van der Waals surface area contributed by atoms with Crippen molar-refractivity contribution in [2.75, 3.05) is 13.1 Å². The highest BCUT2D eigenvalue weighted by molar-refractivity contribution is 7.89. The van der Waals surface area contributed by atoms with Crippen LogP contribution in [-0.2, 0) is 10.0 Å². The van der Waals surface area contributed by atoms with Crippen LogP contribution in [0, 0.1) is 10.1 Å². The van der Waals surface area contributed by atoms with Gasteiger partial charge in [0.25, 0.3) is 0 Å². The number of nitro benzene ring substituents is 1. The first kappa shape index (κ1) is 19.3. The maximum absolute atomic E-state index is 12.6. The van der Waals surface area contributed by atoms with Gasteiger partial charge in [-0.3, -0.25) is 10.1 Å². The van der Waals surface area contributed by atoms with Crippen LogP contribution in [0.3, 0.4) is 0 Å². The van der Waals surface area contributed by atoms with Crippen molar-refractivity contribution >= 4 is 15.7 Å². The second-order valence-electron chi connectivity index (χ2n) is 6.82. The Hall–Kier alpha value is -2.45. The van der Waals surface area contributed by atoms with Crippen LogP contribution < -0.4 is 4.74 Å². The van der Waals surface area contributed by atoms with E-state index in [0.29, 0.717) is 24.8 Å². The summed E-state index contributed by atoms with van der Waals surface area (Å²) in [6, 6.07) is 11.1. The summed E-state index contributed by atoms with van der Waals surface area (Å²) in [5.41, 5.74) is 0.757. The van der Waals surface area contributed by atoms with E-state index >= 15 is 0 Å². The predicted molar refractivity (Wildman–Crippen MR) is 102 cm³/mol. The van der Waals surface area contributed by atoms with Gasteiger partial charge in [-0.2, -0.15) is 4.31 Å². The van der Waals surface area contributed by atoms with Crippen molar-refractivity contribution in [1.29, 1.82) is 0 Å². The molecule has 1 aliphatic rings. The lowest BCUT2D eigenvalue weighted by molar-refractivity contribution is -0.385. The van der Waals surface area contributed by atoms with Crippen molar-refractivity contribution in [2.45, 2.75) is 37.5 Å². The molecule has 0 spiro atoms. The maximum atomic E-state index is 12.6. The lowest BCUT2D eigenvalue weighted by Gasteiger charge is -2.16. The fourth-order valence-corrected chi connectivity index (χ4v) is 4.55. The SMILES string of the molecule is CC(C)c1ccc(Oc2ccc(S(=O)(=O)N3CCCC3)cc2[N+](=O)[O-])cc1. The van der Waals surface area contributed by atoms with Crippen molar-refractivity contribution in [3.05, 3.63) is 58.1 Å². The van der Waals surface area contributed by atoms with E-state index in [1.165, 1.54) is 16.4 Å². The normalized spacial score (nSPS) is 15.2. The predicted octanol–water partition coefficient (Wildman–Crippen LogP) is 4.30. The molecule has 3 rings (SSSR count). The highest BCUT2D eigenvalue weighted by Gasteiger charge is 2.30. The van der Waals surface area contributed by atoms with Crippen LogP contribution in [0.1, 0.15) is 38.2 Å². The van der Waals surface area contributed by atoms with Crippen LogP contribution in [0.25, 0.3) is 0 Å². The first-order chi connectivity index (χ1) is 12.8. The number of hydrogen-bond donors (Lipinski definition) is 0. The van der Waals surface area contributed by atoms with Gasteiger partial charge in [0.15, 0.2) is 0 Å².